The van der Waals surface area contributed by atoms with Gasteiger partial charge in [0.25, 0.3) is 0 Å². The molecule has 1 aliphatic rings. The highest BCUT2D eigenvalue weighted by atomic mass is 79.9. The molecule has 0 saturated carbocycles. The van der Waals surface area contributed by atoms with Gasteiger partial charge in [0.15, 0.2) is 0 Å². The lowest BCUT2D eigenvalue weighted by Crippen LogP contribution is -2.19. The van der Waals surface area contributed by atoms with Crippen LogP contribution < -0.4 is 5.32 Å². The van der Waals surface area contributed by atoms with Crippen molar-refractivity contribution in [3.8, 4) is 0 Å². The van der Waals surface area contributed by atoms with E-state index in [2.05, 4.69) is 32.3 Å². The number of hydrogen-bond acceptors (Lipinski definition) is 3. The second kappa shape index (κ2) is 4.28. The first-order valence-electron chi connectivity index (χ1n) is 4.72. The molecule has 3 nitrogen and oxygen atoms in total. The van der Waals surface area contributed by atoms with E-state index in [0.717, 1.165) is 35.5 Å². The second-order valence-corrected chi connectivity index (χ2v) is 4.31. The fourth-order valence-corrected chi connectivity index (χ4v) is 1.85. The van der Waals surface area contributed by atoms with Gasteiger partial charge in [-0.3, -0.25) is 0 Å². The molecule has 1 fully saturated rings. The van der Waals surface area contributed by atoms with Crippen LogP contribution in [0, 0.1) is 6.92 Å². The number of aromatic nitrogens is 1. The molecule has 1 aromatic rings. The van der Waals surface area contributed by atoms with Crippen LogP contribution >= 0.6 is 15.9 Å². The third kappa shape index (κ3) is 2.25. The summed E-state index contributed by atoms with van der Waals surface area (Å²) in [6.07, 6.45) is 2.92. The summed E-state index contributed by atoms with van der Waals surface area (Å²) in [4.78, 5) is 4.23. The zero-order valence-electron chi connectivity index (χ0n) is 8.09. The SMILES string of the molecule is Cc1cnc(Br)c(NC2CCOC2)c1. The van der Waals surface area contributed by atoms with E-state index in [-0.39, 0.29) is 0 Å². The molecule has 2 heterocycles. The number of nitrogens with one attached hydrogen (secondary N) is 1. The molecule has 1 N–H and O–H groups in total. The van der Waals surface area contributed by atoms with Crippen molar-refractivity contribution in [2.45, 2.75) is 19.4 Å². The molecule has 4 heteroatoms. The minimum Gasteiger partial charge on any atom is -0.379 e. The predicted molar refractivity (Wildman–Crippen MR) is 59.5 cm³/mol. The first-order valence-corrected chi connectivity index (χ1v) is 5.51. The molecule has 0 radical (unpaired) electrons. The molecule has 76 valence electrons. The predicted octanol–water partition coefficient (Wildman–Crippen LogP) is 2.35. The Bertz CT molecular complexity index is 324. The first kappa shape index (κ1) is 9.93. The molecule has 0 aliphatic carbocycles. The molecular formula is C10H13BrN2O. The van der Waals surface area contributed by atoms with Gasteiger partial charge in [0.1, 0.15) is 4.60 Å². The van der Waals surface area contributed by atoms with Crippen molar-refractivity contribution >= 4 is 21.6 Å². The summed E-state index contributed by atoms with van der Waals surface area (Å²) < 4.78 is 6.17. The van der Waals surface area contributed by atoms with Crippen molar-refractivity contribution in [2.24, 2.45) is 0 Å². The average molecular weight is 257 g/mol. The number of halogens is 1. The number of anilines is 1. The fourth-order valence-electron chi connectivity index (χ4n) is 1.52. The summed E-state index contributed by atoms with van der Waals surface area (Å²) in [5, 5.41) is 3.42. The Morgan fingerprint density at radius 2 is 2.50 bits per heavy atom. The standard InChI is InChI=1S/C10H13BrN2O/c1-7-4-9(10(11)12-5-7)13-8-2-3-14-6-8/h4-5,8,13H,2-3,6H2,1H3. The van der Waals surface area contributed by atoms with E-state index in [1.165, 1.54) is 0 Å². The fraction of sp³-hybridized carbons (Fsp3) is 0.500. The minimum atomic E-state index is 0.426. The molecule has 1 aliphatic heterocycles. The Labute approximate surface area is 92.0 Å². The Morgan fingerprint density at radius 1 is 1.64 bits per heavy atom. The molecule has 14 heavy (non-hydrogen) atoms. The van der Waals surface area contributed by atoms with Gasteiger partial charge in [0, 0.05) is 12.8 Å². The van der Waals surface area contributed by atoms with E-state index in [1.807, 2.05) is 13.1 Å². The quantitative estimate of drug-likeness (QED) is 0.826. The van der Waals surface area contributed by atoms with E-state index < -0.39 is 0 Å². The van der Waals surface area contributed by atoms with E-state index in [9.17, 15) is 0 Å². The largest absolute Gasteiger partial charge is 0.379 e. The zero-order valence-corrected chi connectivity index (χ0v) is 9.67. The highest BCUT2D eigenvalue weighted by Gasteiger charge is 2.16. The van der Waals surface area contributed by atoms with Gasteiger partial charge in [-0.25, -0.2) is 4.98 Å². The van der Waals surface area contributed by atoms with Crippen LogP contribution in [-0.2, 0) is 4.74 Å². The van der Waals surface area contributed by atoms with Gasteiger partial charge in [-0.2, -0.15) is 0 Å². The lowest BCUT2D eigenvalue weighted by atomic mass is 10.2. The lowest BCUT2D eigenvalue weighted by molar-refractivity contribution is 0.195. The van der Waals surface area contributed by atoms with Gasteiger partial charge in [0.05, 0.1) is 18.3 Å². The smallest absolute Gasteiger partial charge is 0.129 e. The molecular weight excluding hydrogens is 244 g/mol. The Kier molecular flexibility index (Phi) is 3.03. The van der Waals surface area contributed by atoms with E-state index in [4.69, 9.17) is 4.74 Å². The summed E-state index contributed by atoms with van der Waals surface area (Å²) in [6, 6.07) is 2.52. The maximum Gasteiger partial charge on any atom is 0.129 e. The molecule has 0 aromatic carbocycles. The average Bonchev–Trinajstić information content (AvgIpc) is 2.64. The van der Waals surface area contributed by atoms with Crippen LogP contribution in [0.2, 0.25) is 0 Å². The van der Waals surface area contributed by atoms with Crippen LogP contribution in [0.4, 0.5) is 5.69 Å². The molecule has 1 unspecified atom stereocenters. The topological polar surface area (TPSA) is 34.2 Å². The summed E-state index contributed by atoms with van der Waals surface area (Å²) >= 11 is 3.42. The van der Waals surface area contributed by atoms with Crippen LogP contribution in [0.1, 0.15) is 12.0 Å². The van der Waals surface area contributed by atoms with Gasteiger partial charge >= 0.3 is 0 Å². The zero-order chi connectivity index (χ0) is 9.97. The molecule has 0 amide bonds. The Balaban J connectivity index is 2.10. The highest BCUT2D eigenvalue weighted by Crippen LogP contribution is 2.22. The van der Waals surface area contributed by atoms with Gasteiger partial charge in [-0.05, 0) is 40.9 Å². The van der Waals surface area contributed by atoms with Crippen LogP contribution in [-0.4, -0.2) is 24.2 Å². The van der Waals surface area contributed by atoms with Crippen molar-refractivity contribution in [1.82, 2.24) is 4.98 Å². The number of hydrogen-bond donors (Lipinski definition) is 1. The highest BCUT2D eigenvalue weighted by molar-refractivity contribution is 9.10. The molecule has 1 aromatic heterocycles. The molecule has 2 rings (SSSR count). The Hall–Kier alpha value is -0.610. The minimum absolute atomic E-state index is 0.426. The first-order chi connectivity index (χ1) is 6.75. The third-order valence-corrected chi connectivity index (χ3v) is 2.90. The third-order valence-electron chi connectivity index (χ3n) is 2.27. The van der Waals surface area contributed by atoms with E-state index in [1.54, 1.807) is 0 Å². The van der Waals surface area contributed by atoms with Crippen LogP contribution in [0.15, 0.2) is 16.9 Å². The van der Waals surface area contributed by atoms with Gasteiger partial charge in [-0.1, -0.05) is 0 Å². The van der Waals surface area contributed by atoms with Crippen molar-refractivity contribution in [1.29, 1.82) is 0 Å². The monoisotopic (exact) mass is 256 g/mol. The van der Waals surface area contributed by atoms with Crippen LogP contribution in [0.3, 0.4) is 0 Å². The molecule has 0 bridgehead atoms. The maximum absolute atomic E-state index is 5.30. The van der Waals surface area contributed by atoms with Crippen molar-refractivity contribution in [3.63, 3.8) is 0 Å². The number of pyridine rings is 1. The number of ether oxygens (including phenoxy) is 1. The van der Waals surface area contributed by atoms with Crippen LogP contribution in [0.25, 0.3) is 0 Å². The lowest BCUT2D eigenvalue weighted by Gasteiger charge is -2.13. The number of nitrogens with zero attached hydrogens (tertiary/aromatic N) is 1. The van der Waals surface area contributed by atoms with E-state index in [0.29, 0.717) is 6.04 Å². The van der Waals surface area contributed by atoms with Gasteiger partial charge in [0.2, 0.25) is 0 Å². The normalized spacial score (nSPS) is 21.1. The van der Waals surface area contributed by atoms with Crippen molar-refractivity contribution in [3.05, 3.63) is 22.4 Å². The molecule has 0 spiro atoms. The van der Waals surface area contributed by atoms with Crippen LogP contribution in [0.5, 0.6) is 0 Å². The number of aryl methyl sites for hydroxylation is 1. The maximum atomic E-state index is 5.30. The Morgan fingerprint density at radius 3 is 3.21 bits per heavy atom. The summed E-state index contributed by atoms with van der Waals surface area (Å²) in [6.45, 7) is 3.69. The summed E-state index contributed by atoms with van der Waals surface area (Å²) in [7, 11) is 0. The van der Waals surface area contributed by atoms with Gasteiger partial charge < -0.3 is 10.1 Å². The summed E-state index contributed by atoms with van der Waals surface area (Å²) in [5.74, 6) is 0. The van der Waals surface area contributed by atoms with Crippen molar-refractivity contribution in [2.75, 3.05) is 18.5 Å². The van der Waals surface area contributed by atoms with E-state index >= 15 is 0 Å². The van der Waals surface area contributed by atoms with Crippen molar-refractivity contribution < 1.29 is 4.74 Å². The van der Waals surface area contributed by atoms with Gasteiger partial charge in [-0.15, -0.1) is 0 Å². The summed E-state index contributed by atoms with van der Waals surface area (Å²) in [5.41, 5.74) is 2.22. The second-order valence-electron chi connectivity index (χ2n) is 3.56. The molecule has 1 atom stereocenters. The number of rotatable bonds is 2. The molecule has 1 saturated heterocycles.